The molecule has 0 fully saturated rings. The Hall–Kier alpha value is -2.63. The largest absolute Gasteiger partial charge is 0.342 e. The van der Waals surface area contributed by atoms with Gasteiger partial charge in [-0.3, -0.25) is 9.36 Å². The lowest BCUT2D eigenvalue weighted by Crippen LogP contribution is -2.33. The Bertz CT molecular complexity index is 1030. The fourth-order valence-corrected chi connectivity index (χ4v) is 3.67. The molecule has 0 radical (unpaired) electrons. The molecule has 6 nitrogen and oxygen atoms in total. The van der Waals surface area contributed by atoms with E-state index in [1.165, 1.54) is 5.56 Å². The van der Waals surface area contributed by atoms with Gasteiger partial charge in [-0.2, -0.15) is 10.1 Å². The minimum atomic E-state index is -0.0460. The van der Waals surface area contributed by atoms with E-state index < -0.39 is 0 Å². The van der Waals surface area contributed by atoms with Gasteiger partial charge >= 0.3 is 0 Å². The van der Waals surface area contributed by atoms with Crippen LogP contribution in [0.15, 0.2) is 23.0 Å². The molecule has 1 aromatic carbocycles. The first kappa shape index (κ1) is 19.1. The van der Waals surface area contributed by atoms with E-state index in [-0.39, 0.29) is 5.56 Å². The van der Waals surface area contributed by atoms with Gasteiger partial charge in [0.05, 0.1) is 0 Å². The highest BCUT2D eigenvalue weighted by molar-refractivity contribution is 5.92. The van der Waals surface area contributed by atoms with Crippen LogP contribution in [0.4, 0.5) is 5.95 Å². The molecule has 0 aliphatic rings. The van der Waals surface area contributed by atoms with Gasteiger partial charge in [0, 0.05) is 32.7 Å². The summed E-state index contributed by atoms with van der Waals surface area (Å²) >= 11 is 0. The zero-order chi connectivity index (χ0) is 19.7. The molecule has 0 amide bonds. The van der Waals surface area contributed by atoms with Crippen molar-refractivity contribution in [1.29, 1.82) is 0 Å². The lowest BCUT2D eigenvalue weighted by Gasteiger charge is -2.24. The second-order valence-corrected chi connectivity index (χ2v) is 7.25. The van der Waals surface area contributed by atoms with E-state index in [2.05, 4.69) is 49.8 Å². The molecule has 144 valence electrons. The summed E-state index contributed by atoms with van der Waals surface area (Å²) in [5.74, 6) is 0.714. The van der Waals surface area contributed by atoms with Crippen molar-refractivity contribution in [3.63, 3.8) is 0 Å². The summed E-state index contributed by atoms with van der Waals surface area (Å²) in [6, 6.07) is 6.21. The summed E-state index contributed by atoms with van der Waals surface area (Å²) in [4.78, 5) is 20.3. The van der Waals surface area contributed by atoms with Crippen LogP contribution in [0.5, 0.6) is 0 Å². The Morgan fingerprint density at radius 2 is 1.74 bits per heavy atom. The minimum absolute atomic E-state index is 0.0460. The molecule has 0 spiro atoms. The Morgan fingerprint density at radius 1 is 1.07 bits per heavy atom. The second kappa shape index (κ2) is 7.55. The van der Waals surface area contributed by atoms with Gasteiger partial charge in [-0.25, -0.2) is 4.68 Å². The van der Waals surface area contributed by atoms with Crippen LogP contribution in [0.2, 0.25) is 0 Å². The molecule has 0 unspecified atom stereocenters. The Balaban J connectivity index is 2.27. The maximum Gasteiger partial charge on any atom is 0.266 e. The Morgan fingerprint density at radius 3 is 2.33 bits per heavy atom. The zero-order valence-corrected chi connectivity index (χ0v) is 17.2. The lowest BCUT2D eigenvalue weighted by molar-refractivity contribution is 0.681. The van der Waals surface area contributed by atoms with Gasteiger partial charge in [-0.15, -0.1) is 0 Å². The molecule has 3 aromatic rings. The fraction of sp³-hybridized carbons (Fsp3) is 0.476. The van der Waals surface area contributed by atoms with Gasteiger partial charge in [0.2, 0.25) is 5.95 Å². The van der Waals surface area contributed by atoms with Crippen LogP contribution in [0, 0.1) is 13.8 Å². The van der Waals surface area contributed by atoms with E-state index in [0.29, 0.717) is 22.7 Å². The van der Waals surface area contributed by atoms with Crippen molar-refractivity contribution in [2.45, 2.75) is 40.5 Å². The Kier molecular flexibility index (Phi) is 5.35. The molecule has 2 aromatic heterocycles. The normalized spacial score (nSPS) is 11.3. The first-order valence-corrected chi connectivity index (χ1v) is 9.65. The number of hydrogen-bond acceptors (Lipinski definition) is 4. The summed E-state index contributed by atoms with van der Waals surface area (Å²) in [7, 11) is 3.66. The lowest BCUT2D eigenvalue weighted by atomic mass is 10.0. The van der Waals surface area contributed by atoms with Crippen LogP contribution >= 0.6 is 0 Å². The smallest absolute Gasteiger partial charge is 0.266 e. The summed E-state index contributed by atoms with van der Waals surface area (Å²) in [5, 5.41) is 5.25. The number of hydrogen-bond donors (Lipinski definition) is 0. The molecule has 27 heavy (non-hydrogen) atoms. The number of aryl methyl sites for hydroxylation is 3. The fourth-order valence-electron chi connectivity index (χ4n) is 3.67. The summed E-state index contributed by atoms with van der Waals surface area (Å²) < 4.78 is 3.40. The molecule has 6 heteroatoms. The van der Waals surface area contributed by atoms with Crippen molar-refractivity contribution in [1.82, 2.24) is 19.3 Å². The van der Waals surface area contributed by atoms with Gasteiger partial charge < -0.3 is 4.90 Å². The summed E-state index contributed by atoms with van der Waals surface area (Å²) in [6.07, 6.45) is 2.01. The zero-order valence-electron chi connectivity index (χ0n) is 17.2. The molecule has 0 aliphatic heterocycles. The van der Waals surface area contributed by atoms with Crippen molar-refractivity contribution in [3.05, 3.63) is 39.7 Å². The molecule has 3 rings (SSSR count). The van der Waals surface area contributed by atoms with Crippen molar-refractivity contribution >= 4 is 17.0 Å². The Labute approximate surface area is 160 Å². The van der Waals surface area contributed by atoms with E-state index in [1.807, 2.05) is 13.1 Å². The summed E-state index contributed by atoms with van der Waals surface area (Å²) in [5.41, 5.74) is 4.59. The molecule has 0 aliphatic carbocycles. The van der Waals surface area contributed by atoms with Gasteiger partial charge in [0.1, 0.15) is 11.1 Å². The van der Waals surface area contributed by atoms with Gasteiger partial charge in [0.15, 0.2) is 5.65 Å². The van der Waals surface area contributed by atoms with Crippen molar-refractivity contribution < 1.29 is 0 Å². The number of nitrogens with zero attached hydrogens (tertiary/aromatic N) is 5. The molecular weight excluding hydrogens is 338 g/mol. The van der Waals surface area contributed by atoms with Crippen LogP contribution < -0.4 is 10.5 Å². The standard InChI is InChI=1S/C21H29N5O/c1-7-11-26(12-8-2)21-22-19-17(20(27)24(21)5)18(23-25(19)6)16-10-9-14(3)13-15(16)4/h9-10,13H,7-8,11-12H2,1-6H3. The highest BCUT2D eigenvalue weighted by atomic mass is 16.1. The van der Waals surface area contributed by atoms with Gasteiger partial charge in [-0.05, 0) is 32.3 Å². The van der Waals surface area contributed by atoms with Crippen LogP contribution in [-0.2, 0) is 14.1 Å². The van der Waals surface area contributed by atoms with Gasteiger partial charge in [0.25, 0.3) is 5.56 Å². The SMILES string of the molecule is CCCN(CCC)c1nc2c(c(-c3ccc(C)cc3C)nn2C)c(=O)n1C. The van der Waals surface area contributed by atoms with Crippen LogP contribution in [-0.4, -0.2) is 32.4 Å². The topological polar surface area (TPSA) is 56.0 Å². The highest BCUT2D eigenvalue weighted by Crippen LogP contribution is 2.28. The van der Waals surface area contributed by atoms with Crippen LogP contribution in [0.25, 0.3) is 22.3 Å². The van der Waals surface area contributed by atoms with Crippen molar-refractivity contribution in [3.8, 4) is 11.3 Å². The first-order chi connectivity index (χ1) is 12.9. The second-order valence-electron chi connectivity index (χ2n) is 7.25. The first-order valence-electron chi connectivity index (χ1n) is 9.65. The number of benzene rings is 1. The molecule has 0 saturated heterocycles. The third-order valence-corrected chi connectivity index (χ3v) is 4.95. The molecular formula is C21H29N5O. The van der Waals surface area contributed by atoms with Crippen molar-refractivity contribution in [2.75, 3.05) is 18.0 Å². The highest BCUT2D eigenvalue weighted by Gasteiger charge is 2.21. The minimum Gasteiger partial charge on any atom is -0.342 e. The van der Waals surface area contributed by atoms with E-state index in [0.717, 1.165) is 37.1 Å². The predicted octanol–water partition coefficient (Wildman–Crippen LogP) is 3.58. The number of anilines is 1. The molecule has 0 bridgehead atoms. The van der Waals surface area contributed by atoms with E-state index in [4.69, 9.17) is 4.98 Å². The number of fused-ring (bicyclic) bond motifs is 1. The molecule has 0 atom stereocenters. The third kappa shape index (κ3) is 3.36. The third-order valence-electron chi connectivity index (χ3n) is 4.95. The maximum absolute atomic E-state index is 13.3. The monoisotopic (exact) mass is 367 g/mol. The summed E-state index contributed by atoms with van der Waals surface area (Å²) in [6.45, 7) is 10.2. The van der Waals surface area contributed by atoms with Gasteiger partial charge in [-0.1, -0.05) is 37.6 Å². The number of rotatable bonds is 6. The molecule has 0 saturated carbocycles. The molecule has 2 heterocycles. The van der Waals surface area contributed by atoms with E-state index in [1.54, 1.807) is 16.3 Å². The predicted molar refractivity (Wildman–Crippen MR) is 111 cm³/mol. The average molecular weight is 367 g/mol. The molecule has 0 N–H and O–H groups in total. The number of aromatic nitrogens is 4. The van der Waals surface area contributed by atoms with E-state index >= 15 is 0 Å². The van der Waals surface area contributed by atoms with Crippen molar-refractivity contribution in [2.24, 2.45) is 14.1 Å². The van der Waals surface area contributed by atoms with Crippen LogP contribution in [0.1, 0.15) is 37.8 Å². The average Bonchev–Trinajstić information content (AvgIpc) is 2.94. The maximum atomic E-state index is 13.3. The quantitative estimate of drug-likeness (QED) is 0.668. The van der Waals surface area contributed by atoms with E-state index in [9.17, 15) is 4.79 Å². The van der Waals surface area contributed by atoms with Crippen LogP contribution in [0.3, 0.4) is 0 Å².